The molecule has 1 aliphatic rings. The number of carbonyl (C=O) groups is 1. The van der Waals surface area contributed by atoms with Gasteiger partial charge in [0.25, 0.3) is 5.91 Å². The van der Waals surface area contributed by atoms with Crippen LogP contribution in [0.3, 0.4) is 0 Å². The molecule has 1 unspecified atom stereocenters. The molecule has 1 aromatic carbocycles. The molecule has 0 saturated carbocycles. The molecule has 5 heteroatoms. The number of amides is 1. The summed E-state index contributed by atoms with van der Waals surface area (Å²) in [4.78, 5) is 12.4. The largest absolute Gasteiger partial charge is 0.493 e. The summed E-state index contributed by atoms with van der Waals surface area (Å²) in [6.45, 7) is 5.26. The zero-order valence-corrected chi connectivity index (χ0v) is 12.9. The predicted molar refractivity (Wildman–Crippen MR) is 84.5 cm³/mol. The Morgan fingerprint density at radius 3 is 3.00 bits per heavy atom. The van der Waals surface area contributed by atoms with E-state index >= 15 is 0 Å². The first kappa shape index (κ1) is 15.0. The Kier molecular flexibility index (Phi) is 4.81. The van der Waals surface area contributed by atoms with Crippen molar-refractivity contribution < 1.29 is 9.53 Å². The minimum absolute atomic E-state index is 0.144. The fraction of sp³-hybridized carbons (Fsp3) is 0.533. The van der Waals surface area contributed by atoms with Gasteiger partial charge < -0.3 is 15.8 Å². The molecule has 1 saturated heterocycles. The smallest absolute Gasteiger partial charge is 0.257 e. The average molecular weight is 294 g/mol. The van der Waals surface area contributed by atoms with Crippen molar-refractivity contribution in [3.63, 3.8) is 0 Å². The van der Waals surface area contributed by atoms with E-state index in [9.17, 15) is 4.79 Å². The lowest BCUT2D eigenvalue weighted by Crippen LogP contribution is -2.37. The molecule has 1 heterocycles. The Bertz CT molecular complexity index is 485. The normalized spacial score (nSPS) is 21.7. The second kappa shape index (κ2) is 6.39. The molecule has 1 amide bonds. The Balaban J connectivity index is 2.08. The van der Waals surface area contributed by atoms with Gasteiger partial charge in [0.05, 0.1) is 6.61 Å². The van der Waals surface area contributed by atoms with Crippen molar-refractivity contribution in [1.29, 1.82) is 0 Å². The van der Waals surface area contributed by atoms with Crippen LogP contribution in [0.4, 0.5) is 5.69 Å². The number of carbonyl (C=O) groups excluding carboxylic acids is 1. The molecule has 1 fully saturated rings. The van der Waals surface area contributed by atoms with Crippen LogP contribution in [-0.4, -0.2) is 29.6 Å². The van der Waals surface area contributed by atoms with Crippen molar-refractivity contribution in [2.75, 3.05) is 24.6 Å². The lowest BCUT2D eigenvalue weighted by Gasteiger charge is -2.23. The van der Waals surface area contributed by atoms with Crippen LogP contribution in [0.5, 0.6) is 5.75 Å². The summed E-state index contributed by atoms with van der Waals surface area (Å²) in [6, 6.07) is 5.30. The Morgan fingerprint density at radius 2 is 2.35 bits per heavy atom. The van der Waals surface area contributed by atoms with E-state index in [-0.39, 0.29) is 10.7 Å². The number of hydrogen-bond acceptors (Lipinski definition) is 4. The highest BCUT2D eigenvalue weighted by Gasteiger charge is 2.30. The number of thioether (sulfide) groups is 1. The predicted octanol–water partition coefficient (Wildman–Crippen LogP) is 2.68. The number of hydrogen-bond donors (Lipinski definition) is 2. The lowest BCUT2D eigenvalue weighted by molar-refractivity contribution is 0.0947. The first-order valence-electron chi connectivity index (χ1n) is 6.99. The molecule has 0 radical (unpaired) electrons. The van der Waals surface area contributed by atoms with Crippen molar-refractivity contribution >= 4 is 23.4 Å². The number of benzene rings is 1. The summed E-state index contributed by atoms with van der Waals surface area (Å²) >= 11 is 1.92. The first-order chi connectivity index (χ1) is 9.56. The first-order valence-corrected chi connectivity index (χ1v) is 7.98. The molecule has 0 bridgehead atoms. The van der Waals surface area contributed by atoms with Crippen molar-refractivity contribution in [1.82, 2.24) is 5.32 Å². The molecule has 0 aromatic heterocycles. The quantitative estimate of drug-likeness (QED) is 0.820. The molecular formula is C15H22N2O2S. The molecule has 1 aromatic rings. The average Bonchev–Trinajstić information content (AvgIpc) is 2.84. The number of ether oxygens (including phenoxy) is 1. The zero-order valence-electron chi connectivity index (χ0n) is 12.1. The number of nitrogens with two attached hydrogens (primary N) is 1. The van der Waals surface area contributed by atoms with Crippen LogP contribution in [-0.2, 0) is 0 Å². The van der Waals surface area contributed by atoms with Gasteiger partial charge in [0.15, 0.2) is 0 Å². The van der Waals surface area contributed by atoms with E-state index in [4.69, 9.17) is 10.5 Å². The number of nitrogen functional groups attached to an aromatic ring is 1. The molecule has 20 heavy (non-hydrogen) atoms. The molecule has 0 spiro atoms. The van der Waals surface area contributed by atoms with Crippen molar-refractivity contribution in [3.05, 3.63) is 23.8 Å². The van der Waals surface area contributed by atoms with Gasteiger partial charge in [-0.05, 0) is 44.6 Å². The third kappa shape index (κ3) is 3.39. The molecule has 1 aliphatic heterocycles. The Labute approximate surface area is 124 Å². The Morgan fingerprint density at radius 1 is 1.55 bits per heavy atom. The van der Waals surface area contributed by atoms with Gasteiger partial charge in [-0.25, -0.2) is 0 Å². The fourth-order valence-corrected chi connectivity index (χ4v) is 3.64. The van der Waals surface area contributed by atoms with E-state index in [1.54, 1.807) is 18.2 Å². The van der Waals surface area contributed by atoms with Crippen LogP contribution in [0.15, 0.2) is 18.2 Å². The van der Waals surface area contributed by atoms with Crippen molar-refractivity contribution in [3.8, 4) is 5.75 Å². The van der Waals surface area contributed by atoms with Gasteiger partial charge in [-0.15, -0.1) is 0 Å². The summed E-state index contributed by atoms with van der Waals surface area (Å²) < 4.78 is 5.63. The van der Waals surface area contributed by atoms with Crippen LogP contribution in [0.25, 0.3) is 0 Å². The molecule has 3 N–H and O–H groups in total. The van der Waals surface area contributed by atoms with Gasteiger partial charge in [0.1, 0.15) is 11.3 Å². The topological polar surface area (TPSA) is 64.3 Å². The minimum atomic E-state index is -0.153. The van der Waals surface area contributed by atoms with Gasteiger partial charge in [-0.3, -0.25) is 4.79 Å². The summed E-state index contributed by atoms with van der Waals surface area (Å²) in [5.41, 5.74) is 6.82. The minimum Gasteiger partial charge on any atom is -0.493 e. The second-order valence-electron chi connectivity index (χ2n) is 5.24. The van der Waals surface area contributed by atoms with Crippen molar-refractivity contribution in [2.24, 2.45) is 0 Å². The number of anilines is 1. The molecule has 0 aliphatic carbocycles. The number of rotatable bonds is 5. The second-order valence-corrected chi connectivity index (χ2v) is 6.92. The summed E-state index contributed by atoms with van der Waals surface area (Å²) in [7, 11) is 0. The SMILES string of the molecule is CCOc1cccc(N)c1C(=O)NCC1(C)CCCS1. The van der Waals surface area contributed by atoms with E-state index < -0.39 is 0 Å². The van der Waals surface area contributed by atoms with E-state index in [1.165, 1.54) is 12.2 Å². The van der Waals surface area contributed by atoms with Gasteiger partial charge in [-0.1, -0.05) is 6.07 Å². The highest BCUT2D eigenvalue weighted by atomic mass is 32.2. The number of nitrogens with one attached hydrogen (secondary N) is 1. The van der Waals surface area contributed by atoms with E-state index in [1.807, 2.05) is 18.7 Å². The molecular weight excluding hydrogens is 272 g/mol. The van der Waals surface area contributed by atoms with Gasteiger partial charge in [0, 0.05) is 17.0 Å². The van der Waals surface area contributed by atoms with Gasteiger partial charge >= 0.3 is 0 Å². The Hall–Kier alpha value is -1.36. The van der Waals surface area contributed by atoms with Gasteiger partial charge in [0.2, 0.25) is 0 Å². The third-order valence-corrected chi connectivity index (χ3v) is 5.05. The molecule has 1 atom stereocenters. The molecule has 2 rings (SSSR count). The zero-order chi connectivity index (χ0) is 14.6. The van der Waals surface area contributed by atoms with Crippen LogP contribution < -0.4 is 15.8 Å². The van der Waals surface area contributed by atoms with Crippen LogP contribution in [0.1, 0.15) is 37.0 Å². The van der Waals surface area contributed by atoms with Crippen LogP contribution in [0, 0.1) is 0 Å². The highest BCUT2D eigenvalue weighted by molar-refractivity contribution is 8.00. The monoisotopic (exact) mass is 294 g/mol. The fourth-order valence-electron chi connectivity index (χ4n) is 2.40. The molecule has 4 nitrogen and oxygen atoms in total. The summed E-state index contributed by atoms with van der Waals surface area (Å²) in [5, 5.41) is 3.00. The lowest BCUT2D eigenvalue weighted by atomic mass is 10.1. The van der Waals surface area contributed by atoms with Gasteiger partial charge in [-0.2, -0.15) is 11.8 Å². The maximum atomic E-state index is 12.4. The molecule has 110 valence electrons. The summed E-state index contributed by atoms with van der Waals surface area (Å²) in [6.07, 6.45) is 2.36. The maximum absolute atomic E-state index is 12.4. The third-order valence-electron chi connectivity index (χ3n) is 3.51. The maximum Gasteiger partial charge on any atom is 0.257 e. The van der Waals surface area contributed by atoms with Crippen LogP contribution >= 0.6 is 11.8 Å². The summed E-state index contributed by atoms with van der Waals surface area (Å²) in [5.74, 6) is 1.57. The highest BCUT2D eigenvalue weighted by Crippen LogP contribution is 2.37. The van der Waals surface area contributed by atoms with E-state index in [0.717, 1.165) is 6.42 Å². The van der Waals surface area contributed by atoms with Crippen molar-refractivity contribution in [2.45, 2.75) is 31.4 Å². The van der Waals surface area contributed by atoms with Crippen LogP contribution in [0.2, 0.25) is 0 Å². The van der Waals surface area contributed by atoms with E-state index in [2.05, 4.69) is 12.2 Å². The van der Waals surface area contributed by atoms with E-state index in [0.29, 0.717) is 30.2 Å². The standard InChI is InChI=1S/C15H22N2O2S/c1-3-19-12-7-4-6-11(16)13(12)14(18)17-10-15(2)8-5-9-20-15/h4,6-7H,3,5,8-10,16H2,1-2H3,(H,17,18).